The Kier molecular flexibility index (Phi) is 2.90. The standard InChI is InChI=1S/C17H20N2O/c18-14-10-16(12-5-2-1-4-11(12)14)19-15-6-3-7-17-13(15)8-9-20-17/h1-2,4-5,8-9,14-16,19H,3,6-7,10,18H2. The van der Waals surface area contributed by atoms with Gasteiger partial charge in [0.05, 0.1) is 6.26 Å². The third kappa shape index (κ3) is 1.89. The smallest absolute Gasteiger partial charge is 0.108 e. The summed E-state index contributed by atoms with van der Waals surface area (Å²) in [5.74, 6) is 1.16. The van der Waals surface area contributed by atoms with Gasteiger partial charge >= 0.3 is 0 Å². The molecule has 0 aliphatic heterocycles. The molecule has 104 valence electrons. The van der Waals surface area contributed by atoms with Gasteiger partial charge in [0.25, 0.3) is 0 Å². The van der Waals surface area contributed by atoms with Gasteiger partial charge in [-0.1, -0.05) is 24.3 Å². The summed E-state index contributed by atoms with van der Waals surface area (Å²) in [4.78, 5) is 0. The molecule has 0 fully saturated rings. The molecule has 3 unspecified atom stereocenters. The van der Waals surface area contributed by atoms with Gasteiger partial charge < -0.3 is 15.5 Å². The van der Waals surface area contributed by atoms with E-state index in [-0.39, 0.29) is 6.04 Å². The van der Waals surface area contributed by atoms with Gasteiger partial charge in [0.15, 0.2) is 0 Å². The third-order valence-electron chi connectivity index (χ3n) is 4.71. The highest BCUT2D eigenvalue weighted by Gasteiger charge is 2.31. The first-order chi connectivity index (χ1) is 9.83. The van der Waals surface area contributed by atoms with Crippen LogP contribution < -0.4 is 11.1 Å². The highest BCUT2D eigenvalue weighted by Crippen LogP contribution is 2.40. The number of aryl methyl sites for hydroxylation is 1. The molecule has 0 radical (unpaired) electrons. The maximum Gasteiger partial charge on any atom is 0.108 e. The molecule has 0 saturated carbocycles. The maximum atomic E-state index is 6.26. The highest BCUT2D eigenvalue weighted by atomic mass is 16.3. The molecule has 1 aromatic heterocycles. The topological polar surface area (TPSA) is 51.2 Å². The monoisotopic (exact) mass is 268 g/mol. The van der Waals surface area contributed by atoms with Crippen molar-refractivity contribution < 1.29 is 4.42 Å². The van der Waals surface area contributed by atoms with Crippen molar-refractivity contribution in [2.45, 2.75) is 43.8 Å². The van der Waals surface area contributed by atoms with E-state index in [2.05, 4.69) is 35.6 Å². The first kappa shape index (κ1) is 12.2. The van der Waals surface area contributed by atoms with E-state index in [1.807, 2.05) is 6.26 Å². The lowest BCUT2D eigenvalue weighted by Gasteiger charge is -2.26. The van der Waals surface area contributed by atoms with E-state index in [1.165, 1.54) is 29.5 Å². The van der Waals surface area contributed by atoms with Crippen LogP contribution in [0.2, 0.25) is 0 Å². The number of furan rings is 1. The first-order valence-corrected chi connectivity index (χ1v) is 7.49. The van der Waals surface area contributed by atoms with Crippen LogP contribution in [0, 0.1) is 0 Å². The van der Waals surface area contributed by atoms with Crippen LogP contribution in [0.3, 0.4) is 0 Å². The van der Waals surface area contributed by atoms with E-state index in [0.717, 1.165) is 18.6 Å². The van der Waals surface area contributed by atoms with Gasteiger partial charge in [-0.2, -0.15) is 0 Å². The van der Waals surface area contributed by atoms with Gasteiger partial charge in [0.2, 0.25) is 0 Å². The molecule has 0 saturated heterocycles. The van der Waals surface area contributed by atoms with Crippen molar-refractivity contribution >= 4 is 0 Å². The summed E-state index contributed by atoms with van der Waals surface area (Å²) in [7, 11) is 0. The predicted molar refractivity (Wildman–Crippen MR) is 78.3 cm³/mol. The molecule has 3 atom stereocenters. The lowest BCUT2D eigenvalue weighted by molar-refractivity contribution is 0.368. The van der Waals surface area contributed by atoms with Crippen molar-refractivity contribution in [3.8, 4) is 0 Å². The fourth-order valence-electron chi connectivity index (χ4n) is 3.73. The van der Waals surface area contributed by atoms with Gasteiger partial charge in [-0.15, -0.1) is 0 Å². The summed E-state index contributed by atoms with van der Waals surface area (Å²) >= 11 is 0. The van der Waals surface area contributed by atoms with Gasteiger partial charge in [0.1, 0.15) is 5.76 Å². The summed E-state index contributed by atoms with van der Waals surface area (Å²) < 4.78 is 5.58. The van der Waals surface area contributed by atoms with Crippen LogP contribution in [0.4, 0.5) is 0 Å². The van der Waals surface area contributed by atoms with Crippen molar-refractivity contribution in [2.24, 2.45) is 5.73 Å². The Morgan fingerprint density at radius 2 is 1.90 bits per heavy atom. The van der Waals surface area contributed by atoms with Crippen LogP contribution in [0.5, 0.6) is 0 Å². The van der Waals surface area contributed by atoms with Crippen molar-refractivity contribution in [1.82, 2.24) is 5.32 Å². The minimum Gasteiger partial charge on any atom is -0.469 e. The van der Waals surface area contributed by atoms with Crippen molar-refractivity contribution in [1.29, 1.82) is 0 Å². The summed E-state index contributed by atoms with van der Waals surface area (Å²) in [6.45, 7) is 0. The second kappa shape index (κ2) is 4.76. The summed E-state index contributed by atoms with van der Waals surface area (Å²) in [6.07, 6.45) is 6.25. The predicted octanol–water partition coefficient (Wildman–Crippen LogP) is 3.39. The molecule has 3 heteroatoms. The minimum atomic E-state index is 0.163. The average Bonchev–Trinajstić information content (AvgIpc) is 3.06. The highest BCUT2D eigenvalue weighted by molar-refractivity contribution is 5.38. The SMILES string of the molecule is NC1CC(NC2CCCc3occc32)c2ccccc21. The third-order valence-corrected chi connectivity index (χ3v) is 4.71. The van der Waals surface area contributed by atoms with Gasteiger partial charge in [-0.25, -0.2) is 0 Å². The molecule has 3 N–H and O–H groups in total. The molecule has 0 spiro atoms. The molecule has 2 aliphatic carbocycles. The van der Waals surface area contributed by atoms with Crippen LogP contribution in [-0.2, 0) is 6.42 Å². The number of nitrogens with one attached hydrogen (secondary N) is 1. The normalized spacial score (nSPS) is 28.1. The number of rotatable bonds is 2. The number of hydrogen-bond donors (Lipinski definition) is 2. The Hall–Kier alpha value is -1.58. The Balaban J connectivity index is 1.60. The Morgan fingerprint density at radius 1 is 1.05 bits per heavy atom. The van der Waals surface area contributed by atoms with Crippen molar-refractivity contribution in [2.75, 3.05) is 0 Å². The van der Waals surface area contributed by atoms with E-state index in [1.54, 1.807) is 0 Å². The summed E-state index contributed by atoms with van der Waals surface area (Å²) in [5, 5.41) is 3.81. The molecule has 1 heterocycles. The fourth-order valence-corrected chi connectivity index (χ4v) is 3.73. The van der Waals surface area contributed by atoms with Crippen LogP contribution in [0.15, 0.2) is 41.0 Å². The quantitative estimate of drug-likeness (QED) is 0.877. The van der Waals surface area contributed by atoms with Crippen LogP contribution in [0.25, 0.3) is 0 Å². The number of benzene rings is 1. The van der Waals surface area contributed by atoms with E-state index >= 15 is 0 Å². The van der Waals surface area contributed by atoms with E-state index in [4.69, 9.17) is 10.2 Å². The first-order valence-electron chi connectivity index (χ1n) is 7.49. The second-order valence-corrected chi connectivity index (χ2v) is 5.93. The molecule has 1 aromatic carbocycles. The molecule has 0 bridgehead atoms. The fraction of sp³-hybridized carbons (Fsp3) is 0.412. The zero-order valence-corrected chi connectivity index (χ0v) is 11.5. The number of nitrogens with two attached hydrogens (primary N) is 1. The molecule has 3 nitrogen and oxygen atoms in total. The van der Waals surface area contributed by atoms with Crippen LogP contribution >= 0.6 is 0 Å². The maximum absolute atomic E-state index is 6.26. The molecule has 4 rings (SSSR count). The van der Waals surface area contributed by atoms with E-state index in [0.29, 0.717) is 12.1 Å². The average molecular weight is 268 g/mol. The molecular formula is C17H20N2O. The largest absolute Gasteiger partial charge is 0.469 e. The van der Waals surface area contributed by atoms with Crippen LogP contribution in [0.1, 0.15) is 59.8 Å². The molecule has 2 aliphatic rings. The van der Waals surface area contributed by atoms with Gasteiger partial charge in [-0.05, 0) is 36.5 Å². The van der Waals surface area contributed by atoms with E-state index < -0.39 is 0 Å². The Bertz CT molecular complexity index is 619. The zero-order chi connectivity index (χ0) is 13.5. The summed E-state index contributed by atoms with van der Waals surface area (Å²) in [6, 6.07) is 11.6. The zero-order valence-electron chi connectivity index (χ0n) is 11.5. The van der Waals surface area contributed by atoms with E-state index in [9.17, 15) is 0 Å². The van der Waals surface area contributed by atoms with Gasteiger partial charge in [-0.3, -0.25) is 0 Å². The number of hydrogen-bond acceptors (Lipinski definition) is 3. The molecule has 20 heavy (non-hydrogen) atoms. The molecular weight excluding hydrogens is 248 g/mol. The summed E-state index contributed by atoms with van der Waals surface area (Å²) in [5.41, 5.74) is 10.3. The lowest BCUT2D eigenvalue weighted by atomic mass is 9.92. The van der Waals surface area contributed by atoms with Crippen molar-refractivity contribution in [3.63, 3.8) is 0 Å². The molecule has 0 amide bonds. The second-order valence-electron chi connectivity index (χ2n) is 5.93. The lowest BCUT2D eigenvalue weighted by Crippen LogP contribution is -2.28. The minimum absolute atomic E-state index is 0.163. The Labute approximate surface area is 119 Å². The van der Waals surface area contributed by atoms with Crippen LogP contribution in [-0.4, -0.2) is 0 Å². The molecule has 2 aromatic rings. The Morgan fingerprint density at radius 3 is 2.80 bits per heavy atom. The van der Waals surface area contributed by atoms with Crippen molar-refractivity contribution in [3.05, 3.63) is 59.0 Å². The number of fused-ring (bicyclic) bond motifs is 2. The van der Waals surface area contributed by atoms with Gasteiger partial charge in [0, 0.05) is 30.1 Å².